The van der Waals surface area contributed by atoms with E-state index in [9.17, 15) is 4.79 Å². The average molecular weight is 307 g/mol. The first-order valence-electron chi connectivity index (χ1n) is 7.31. The summed E-state index contributed by atoms with van der Waals surface area (Å²) < 4.78 is 10.4. The van der Waals surface area contributed by atoms with Gasteiger partial charge in [0.05, 0.1) is 12.8 Å². The van der Waals surface area contributed by atoms with Crippen molar-refractivity contribution < 1.29 is 14.3 Å². The van der Waals surface area contributed by atoms with Crippen molar-refractivity contribution in [1.29, 1.82) is 0 Å². The predicted molar refractivity (Wildman–Crippen MR) is 90.7 cm³/mol. The predicted octanol–water partition coefficient (Wildman–Crippen LogP) is 4.60. The van der Waals surface area contributed by atoms with Crippen molar-refractivity contribution in [2.24, 2.45) is 0 Å². The number of anilines is 1. The Morgan fingerprint density at radius 2 is 1.70 bits per heavy atom. The van der Waals surface area contributed by atoms with E-state index >= 15 is 0 Å². The molecule has 0 fully saturated rings. The van der Waals surface area contributed by atoms with Crippen molar-refractivity contribution in [3.8, 4) is 5.75 Å². The van der Waals surface area contributed by atoms with Gasteiger partial charge in [0.15, 0.2) is 0 Å². The second-order valence-corrected chi connectivity index (χ2v) is 5.08. The number of amides is 1. The normalized spacial score (nSPS) is 10.3. The van der Waals surface area contributed by atoms with Crippen LogP contribution in [-0.4, -0.2) is 13.2 Å². The summed E-state index contributed by atoms with van der Waals surface area (Å²) in [6.07, 6.45) is -0.475. The molecule has 3 aromatic carbocycles. The van der Waals surface area contributed by atoms with Crippen LogP contribution in [0.15, 0.2) is 66.7 Å². The maximum absolute atomic E-state index is 12.0. The minimum Gasteiger partial charge on any atom is -0.497 e. The molecule has 116 valence electrons. The molecule has 0 spiro atoms. The van der Waals surface area contributed by atoms with Gasteiger partial charge >= 0.3 is 6.09 Å². The van der Waals surface area contributed by atoms with Crippen LogP contribution in [0.3, 0.4) is 0 Å². The molecular formula is C19H17NO3. The zero-order valence-corrected chi connectivity index (χ0v) is 12.8. The Balaban J connectivity index is 1.64. The third-order valence-electron chi connectivity index (χ3n) is 3.56. The van der Waals surface area contributed by atoms with Crippen molar-refractivity contribution in [3.05, 3.63) is 72.3 Å². The van der Waals surface area contributed by atoms with E-state index in [1.807, 2.05) is 66.7 Å². The lowest BCUT2D eigenvalue weighted by Crippen LogP contribution is -2.13. The molecule has 0 atom stereocenters. The largest absolute Gasteiger partial charge is 0.497 e. The van der Waals surface area contributed by atoms with Crippen LogP contribution in [0.25, 0.3) is 10.8 Å². The van der Waals surface area contributed by atoms with Gasteiger partial charge in [-0.05, 0) is 29.1 Å². The van der Waals surface area contributed by atoms with Crippen molar-refractivity contribution in [2.45, 2.75) is 6.61 Å². The van der Waals surface area contributed by atoms with Crippen LogP contribution in [0.5, 0.6) is 5.75 Å². The van der Waals surface area contributed by atoms with Crippen LogP contribution >= 0.6 is 0 Å². The van der Waals surface area contributed by atoms with Crippen LogP contribution < -0.4 is 10.1 Å². The highest BCUT2D eigenvalue weighted by molar-refractivity contribution is 6.00. The Kier molecular flexibility index (Phi) is 4.43. The number of methoxy groups -OCH3 is 1. The van der Waals surface area contributed by atoms with Gasteiger partial charge in [-0.25, -0.2) is 4.79 Å². The number of nitrogens with one attached hydrogen (secondary N) is 1. The Bertz CT molecular complexity index is 807. The van der Waals surface area contributed by atoms with Crippen LogP contribution in [0, 0.1) is 0 Å². The molecule has 0 aliphatic heterocycles. The molecule has 0 aromatic heterocycles. The number of fused-ring (bicyclic) bond motifs is 1. The summed E-state index contributed by atoms with van der Waals surface area (Å²) in [6, 6.07) is 21.0. The molecule has 0 radical (unpaired) electrons. The maximum Gasteiger partial charge on any atom is 0.411 e. The third kappa shape index (κ3) is 3.61. The topological polar surface area (TPSA) is 47.6 Å². The molecule has 0 saturated heterocycles. The summed E-state index contributed by atoms with van der Waals surface area (Å²) in [5.74, 6) is 0.772. The van der Waals surface area contributed by atoms with Gasteiger partial charge in [-0.3, -0.25) is 5.32 Å². The van der Waals surface area contributed by atoms with Gasteiger partial charge in [0, 0.05) is 5.39 Å². The summed E-state index contributed by atoms with van der Waals surface area (Å²) >= 11 is 0. The molecule has 0 unspecified atom stereocenters. The monoisotopic (exact) mass is 307 g/mol. The molecule has 3 aromatic rings. The number of carbonyl (C=O) groups excluding carboxylic acids is 1. The summed E-state index contributed by atoms with van der Waals surface area (Å²) in [6.45, 7) is 0.209. The fraction of sp³-hybridized carbons (Fsp3) is 0.105. The lowest BCUT2D eigenvalue weighted by molar-refractivity contribution is 0.155. The van der Waals surface area contributed by atoms with E-state index in [0.29, 0.717) is 0 Å². The maximum atomic E-state index is 12.0. The van der Waals surface area contributed by atoms with E-state index < -0.39 is 6.09 Å². The summed E-state index contributed by atoms with van der Waals surface area (Å²) in [4.78, 5) is 12.0. The number of benzene rings is 3. The molecule has 0 bridgehead atoms. The van der Waals surface area contributed by atoms with Crippen LogP contribution in [-0.2, 0) is 11.3 Å². The van der Waals surface area contributed by atoms with E-state index in [1.54, 1.807) is 7.11 Å². The van der Waals surface area contributed by atoms with Gasteiger partial charge in [0.25, 0.3) is 0 Å². The molecule has 4 heteroatoms. The molecule has 0 saturated carbocycles. The van der Waals surface area contributed by atoms with Crippen molar-refractivity contribution in [1.82, 2.24) is 0 Å². The Hall–Kier alpha value is -3.01. The van der Waals surface area contributed by atoms with E-state index in [0.717, 1.165) is 27.8 Å². The van der Waals surface area contributed by atoms with Crippen LogP contribution in [0.2, 0.25) is 0 Å². The molecule has 23 heavy (non-hydrogen) atoms. The van der Waals surface area contributed by atoms with E-state index in [2.05, 4.69) is 5.32 Å². The van der Waals surface area contributed by atoms with Crippen molar-refractivity contribution in [2.75, 3.05) is 12.4 Å². The quantitative estimate of drug-likeness (QED) is 0.766. The molecule has 3 rings (SSSR count). The number of hydrogen-bond acceptors (Lipinski definition) is 3. The zero-order valence-electron chi connectivity index (χ0n) is 12.8. The Morgan fingerprint density at radius 3 is 2.48 bits per heavy atom. The van der Waals surface area contributed by atoms with E-state index in [1.165, 1.54) is 0 Å². The van der Waals surface area contributed by atoms with Crippen LogP contribution in [0.4, 0.5) is 10.5 Å². The number of hydrogen-bond donors (Lipinski definition) is 1. The van der Waals surface area contributed by atoms with Gasteiger partial charge in [0.1, 0.15) is 12.4 Å². The van der Waals surface area contributed by atoms with Gasteiger partial charge in [0.2, 0.25) is 0 Å². The molecule has 1 amide bonds. The molecule has 4 nitrogen and oxygen atoms in total. The fourth-order valence-electron chi connectivity index (χ4n) is 2.35. The SMILES string of the molecule is COc1ccc(COC(=O)Nc2cccc3ccccc23)cc1. The highest BCUT2D eigenvalue weighted by Crippen LogP contribution is 2.23. The van der Waals surface area contributed by atoms with Gasteiger partial charge in [-0.2, -0.15) is 0 Å². The fourth-order valence-corrected chi connectivity index (χ4v) is 2.35. The molecule has 1 N–H and O–H groups in total. The number of rotatable bonds is 4. The summed E-state index contributed by atoms with van der Waals surface area (Å²) in [5.41, 5.74) is 1.64. The average Bonchev–Trinajstić information content (AvgIpc) is 2.61. The minimum atomic E-state index is -0.475. The lowest BCUT2D eigenvalue weighted by atomic mass is 10.1. The van der Waals surface area contributed by atoms with Gasteiger partial charge in [-0.15, -0.1) is 0 Å². The highest BCUT2D eigenvalue weighted by Gasteiger charge is 2.06. The first kappa shape index (κ1) is 14.9. The van der Waals surface area contributed by atoms with Crippen LogP contribution in [0.1, 0.15) is 5.56 Å². The Morgan fingerprint density at radius 1 is 0.957 bits per heavy atom. The Labute approximate surface area is 134 Å². The van der Waals surface area contributed by atoms with E-state index in [-0.39, 0.29) is 6.61 Å². The molecular weight excluding hydrogens is 290 g/mol. The summed E-state index contributed by atoms with van der Waals surface area (Å²) in [7, 11) is 1.61. The van der Waals surface area contributed by atoms with E-state index in [4.69, 9.17) is 9.47 Å². The zero-order chi connectivity index (χ0) is 16.1. The molecule has 0 aliphatic rings. The lowest BCUT2D eigenvalue weighted by Gasteiger charge is -2.10. The summed E-state index contributed by atoms with van der Waals surface area (Å²) in [5, 5.41) is 4.84. The van der Waals surface area contributed by atoms with Gasteiger partial charge < -0.3 is 9.47 Å². The number of carbonyl (C=O) groups is 1. The van der Waals surface area contributed by atoms with Gasteiger partial charge in [-0.1, -0.05) is 48.5 Å². The minimum absolute atomic E-state index is 0.209. The second-order valence-electron chi connectivity index (χ2n) is 5.08. The molecule has 0 aliphatic carbocycles. The van der Waals surface area contributed by atoms with Crippen molar-refractivity contribution >= 4 is 22.6 Å². The second kappa shape index (κ2) is 6.83. The first-order chi connectivity index (χ1) is 11.3. The highest BCUT2D eigenvalue weighted by atomic mass is 16.5. The standard InChI is InChI=1S/C19H17NO3/c1-22-16-11-9-14(10-12-16)13-23-19(21)20-18-8-4-6-15-5-2-3-7-17(15)18/h2-12H,13H2,1H3,(H,20,21). The molecule has 0 heterocycles. The number of ether oxygens (including phenoxy) is 2. The first-order valence-corrected chi connectivity index (χ1v) is 7.31. The van der Waals surface area contributed by atoms with Crippen molar-refractivity contribution in [3.63, 3.8) is 0 Å². The smallest absolute Gasteiger partial charge is 0.411 e. The third-order valence-corrected chi connectivity index (χ3v) is 3.56.